The van der Waals surface area contributed by atoms with Crippen LogP contribution >= 0.6 is 0 Å². The smallest absolute Gasteiger partial charge is 0.116 e. The Bertz CT molecular complexity index is 332. The van der Waals surface area contributed by atoms with E-state index in [1.165, 1.54) is 6.08 Å². The molecule has 2 nitrogen and oxygen atoms in total. The third-order valence-electron chi connectivity index (χ3n) is 2.54. The summed E-state index contributed by atoms with van der Waals surface area (Å²) >= 11 is 0. The Balaban J connectivity index is 3.09. The molecule has 0 aliphatic carbocycles. The minimum atomic E-state index is -1.34. The van der Waals surface area contributed by atoms with Gasteiger partial charge in [0.15, 0.2) is 0 Å². The van der Waals surface area contributed by atoms with Crippen LogP contribution in [0.5, 0.6) is 0 Å². The van der Waals surface area contributed by atoms with E-state index in [1.807, 2.05) is 30.3 Å². The molecule has 0 heterocycles. The lowest BCUT2D eigenvalue weighted by atomic mass is 9.82. The van der Waals surface area contributed by atoms with Crippen LogP contribution in [0.15, 0.2) is 55.6 Å². The maximum Gasteiger partial charge on any atom is 0.116 e. The molecular formula is C13H16O2. The lowest BCUT2D eigenvalue weighted by Crippen LogP contribution is -2.37. The van der Waals surface area contributed by atoms with Crippen LogP contribution in [-0.4, -0.2) is 22.4 Å². The molecule has 80 valence electrons. The second-order valence-electron chi connectivity index (χ2n) is 3.48. The fourth-order valence-corrected chi connectivity index (χ4v) is 1.58. The van der Waals surface area contributed by atoms with Crippen LogP contribution in [-0.2, 0) is 0 Å². The normalized spacial score (nSPS) is 16.4. The first-order chi connectivity index (χ1) is 7.18. The third-order valence-corrected chi connectivity index (χ3v) is 2.54. The highest BCUT2D eigenvalue weighted by atomic mass is 16.3. The van der Waals surface area contributed by atoms with Crippen LogP contribution in [0.25, 0.3) is 0 Å². The van der Waals surface area contributed by atoms with E-state index in [9.17, 15) is 10.2 Å². The molecule has 0 spiro atoms. The molecule has 0 aliphatic heterocycles. The van der Waals surface area contributed by atoms with Crippen molar-refractivity contribution >= 4 is 0 Å². The molecule has 1 rings (SSSR count). The zero-order chi connectivity index (χ0) is 11.3. The summed E-state index contributed by atoms with van der Waals surface area (Å²) in [5, 5.41) is 19.3. The molecule has 0 radical (unpaired) electrons. The van der Waals surface area contributed by atoms with Gasteiger partial charge in [-0.2, -0.15) is 0 Å². The lowest BCUT2D eigenvalue weighted by molar-refractivity contribution is 0.0160. The molecule has 0 saturated carbocycles. The number of rotatable bonds is 5. The molecule has 0 bridgehead atoms. The van der Waals surface area contributed by atoms with Crippen molar-refractivity contribution in [3.63, 3.8) is 0 Å². The van der Waals surface area contributed by atoms with Crippen molar-refractivity contribution in [2.45, 2.75) is 11.5 Å². The molecule has 0 unspecified atom stereocenters. The van der Waals surface area contributed by atoms with Gasteiger partial charge in [0.1, 0.15) is 5.60 Å². The molecule has 0 amide bonds. The predicted molar refractivity (Wildman–Crippen MR) is 61.6 cm³/mol. The van der Waals surface area contributed by atoms with Crippen LogP contribution in [0, 0.1) is 0 Å². The van der Waals surface area contributed by atoms with Crippen molar-refractivity contribution < 1.29 is 10.2 Å². The monoisotopic (exact) mass is 204 g/mol. The first-order valence-corrected chi connectivity index (χ1v) is 4.82. The highest BCUT2D eigenvalue weighted by Crippen LogP contribution is 2.30. The highest BCUT2D eigenvalue weighted by molar-refractivity contribution is 5.29. The maximum absolute atomic E-state index is 10.1. The summed E-state index contributed by atoms with van der Waals surface area (Å²) in [6, 6.07) is 9.43. The van der Waals surface area contributed by atoms with Crippen LogP contribution in [0.2, 0.25) is 0 Å². The first kappa shape index (κ1) is 11.7. The average Bonchev–Trinajstić information content (AvgIpc) is 2.31. The van der Waals surface area contributed by atoms with E-state index in [4.69, 9.17) is 0 Å². The molecule has 0 aromatic heterocycles. The van der Waals surface area contributed by atoms with Crippen molar-refractivity contribution in [3.8, 4) is 0 Å². The Hall–Kier alpha value is -1.38. The minimum absolute atomic E-state index is 0.346. The topological polar surface area (TPSA) is 40.5 Å². The number of aliphatic hydroxyl groups is 2. The predicted octanol–water partition coefficient (Wildman–Crippen LogP) is 1.87. The minimum Gasteiger partial charge on any atom is -0.393 e. The summed E-state index contributed by atoms with van der Waals surface area (Å²) in [7, 11) is 0. The quantitative estimate of drug-likeness (QED) is 0.719. The summed E-state index contributed by atoms with van der Waals surface area (Å²) < 4.78 is 0. The van der Waals surface area contributed by atoms with E-state index < -0.39 is 5.60 Å². The van der Waals surface area contributed by atoms with E-state index in [0.717, 1.165) is 5.56 Å². The van der Waals surface area contributed by atoms with Gasteiger partial charge in [-0.1, -0.05) is 42.5 Å². The van der Waals surface area contributed by atoms with Gasteiger partial charge in [0, 0.05) is 5.92 Å². The number of hydrogen-bond acceptors (Lipinski definition) is 2. The van der Waals surface area contributed by atoms with Crippen LogP contribution in [0.1, 0.15) is 11.5 Å². The van der Waals surface area contributed by atoms with Gasteiger partial charge in [0.2, 0.25) is 0 Å². The SMILES string of the molecule is C=C[C@H](c1ccccc1)[C@](O)(C=C)CO. The van der Waals surface area contributed by atoms with Crippen molar-refractivity contribution in [2.24, 2.45) is 0 Å². The summed E-state index contributed by atoms with van der Waals surface area (Å²) in [5.74, 6) is -0.346. The Labute approximate surface area is 90.2 Å². The van der Waals surface area contributed by atoms with E-state index in [-0.39, 0.29) is 12.5 Å². The number of hydrogen-bond donors (Lipinski definition) is 2. The molecule has 0 saturated heterocycles. The summed E-state index contributed by atoms with van der Waals surface area (Å²) in [4.78, 5) is 0. The first-order valence-electron chi connectivity index (χ1n) is 4.82. The van der Waals surface area contributed by atoms with Gasteiger partial charge in [0.05, 0.1) is 6.61 Å². The van der Waals surface area contributed by atoms with Crippen molar-refractivity contribution in [1.82, 2.24) is 0 Å². The van der Waals surface area contributed by atoms with Gasteiger partial charge in [-0.15, -0.1) is 13.2 Å². The Kier molecular flexibility index (Phi) is 3.83. The zero-order valence-corrected chi connectivity index (χ0v) is 8.63. The maximum atomic E-state index is 10.1. The van der Waals surface area contributed by atoms with E-state index >= 15 is 0 Å². The number of aliphatic hydroxyl groups excluding tert-OH is 1. The third kappa shape index (κ3) is 2.35. The van der Waals surface area contributed by atoms with Crippen molar-refractivity contribution in [1.29, 1.82) is 0 Å². The van der Waals surface area contributed by atoms with Crippen LogP contribution in [0.3, 0.4) is 0 Å². The molecule has 0 fully saturated rings. The molecule has 2 N–H and O–H groups in total. The molecule has 1 aromatic carbocycles. The van der Waals surface area contributed by atoms with Gasteiger partial charge >= 0.3 is 0 Å². The fraction of sp³-hybridized carbons (Fsp3) is 0.231. The Morgan fingerprint density at radius 3 is 2.27 bits per heavy atom. The molecule has 2 atom stereocenters. The van der Waals surface area contributed by atoms with E-state index in [0.29, 0.717) is 0 Å². The average molecular weight is 204 g/mol. The highest BCUT2D eigenvalue weighted by Gasteiger charge is 2.31. The standard InChI is InChI=1S/C13H16O2/c1-3-12(13(15,4-2)10-14)11-8-6-5-7-9-11/h3-9,12,14-15H,1-2,10H2/t12-,13+/m1/s1. The van der Waals surface area contributed by atoms with E-state index in [1.54, 1.807) is 6.08 Å². The van der Waals surface area contributed by atoms with Gasteiger partial charge in [-0.3, -0.25) is 0 Å². The largest absolute Gasteiger partial charge is 0.393 e. The second kappa shape index (κ2) is 4.91. The van der Waals surface area contributed by atoms with Gasteiger partial charge in [0.25, 0.3) is 0 Å². The molecule has 1 aromatic rings. The number of benzene rings is 1. The Morgan fingerprint density at radius 2 is 1.87 bits per heavy atom. The van der Waals surface area contributed by atoms with Crippen LogP contribution in [0.4, 0.5) is 0 Å². The molecule has 15 heavy (non-hydrogen) atoms. The van der Waals surface area contributed by atoms with Crippen LogP contribution < -0.4 is 0 Å². The van der Waals surface area contributed by atoms with Gasteiger partial charge < -0.3 is 10.2 Å². The molecule has 0 aliphatic rings. The zero-order valence-electron chi connectivity index (χ0n) is 8.63. The fourth-order valence-electron chi connectivity index (χ4n) is 1.58. The molecule has 2 heteroatoms. The summed E-state index contributed by atoms with van der Waals surface area (Å²) in [6.45, 7) is 6.85. The molecular weight excluding hydrogens is 188 g/mol. The summed E-state index contributed by atoms with van der Waals surface area (Å²) in [6.07, 6.45) is 2.97. The van der Waals surface area contributed by atoms with E-state index in [2.05, 4.69) is 13.2 Å². The van der Waals surface area contributed by atoms with Crippen molar-refractivity contribution in [3.05, 3.63) is 61.2 Å². The Morgan fingerprint density at radius 1 is 1.27 bits per heavy atom. The second-order valence-corrected chi connectivity index (χ2v) is 3.48. The van der Waals surface area contributed by atoms with Crippen molar-refractivity contribution in [2.75, 3.05) is 6.61 Å². The summed E-state index contributed by atoms with van der Waals surface area (Å²) in [5.41, 5.74) is -0.438. The van der Waals surface area contributed by atoms with Gasteiger partial charge in [-0.05, 0) is 5.56 Å². The lowest BCUT2D eigenvalue weighted by Gasteiger charge is -2.29. The van der Waals surface area contributed by atoms with Gasteiger partial charge in [-0.25, -0.2) is 0 Å².